The first-order valence-corrected chi connectivity index (χ1v) is 10.6. The average Bonchev–Trinajstić information content (AvgIpc) is 3.32. The summed E-state index contributed by atoms with van der Waals surface area (Å²) in [4.78, 5) is 18.0. The quantitative estimate of drug-likeness (QED) is 0.324. The molecular formula is C27H21N3O4. The molecule has 0 fully saturated rings. The van der Waals surface area contributed by atoms with Crippen LogP contribution in [0.1, 0.15) is 5.56 Å². The minimum atomic E-state index is -0.290. The van der Waals surface area contributed by atoms with Gasteiger partial charge in [0.25, 0.3) is 5.56 Å². The number of rotatable bonds is 6. The maximum atomic E-state index is 13.3. The van der Waals surface area contributed by atoms with E-state index in [9.17, 15) is 4.79 Å². The van der Waals surface area contributed by atoms with Crippen LogP contribution in [0.25, 0.3) is 39.5 Å². The van der Waals surface area contributed by atoms with Gasteiger partial charge in [-0.3, -0.25) is 4.79 Å². The van der Waals surface area contributed by atoms with Crippen LogP contribution in [-0.2, 0) is 0 Å². The van der Waals surface area contributed by atoms with E-state index in [4.69, 9.17) is 13.9 Å². The highest BCUT2D eigenvalue weighted by atomic mass is 16.5. The Morgan fingerprint density at radius 2 is 1.76 bits per heavy atom. The van der Waals surface area contributed by atoms with Crippen molar-refractivity contribution in [2.45, 2.75) is 0 Å². The van der Waals surface area contributed by atoms with Gasteiger partial charge in [0.15, 0.2) is 5.76 Å². The van der Waals surface area contributed by atoms with E-state index in [1.54, 1.807) is 44.7 Å². The molecule has 5 aromatic rings. The number of methoxy groups -OCH3 is 2. The van der Waals surface area contributed by atoms with Crippen LogP contribution in [0, 0.1) is 0 Å². The average molecular weight is 451 g/mol. The zero-order valence-electron chi connectivity index (χ0n) is 18.6. The van der Waals surface area contributed by atoms with Crippen molar-refractivity contribution in [3.8, 4) is 23.1 Å². The molecule has 0 N–H and O–H groups in total. The summed E-state index contributed by atoms with van der Waals surface area (Å²) >= 11 is 0. The zero-order valence-corrected chi connectivity index (χ0v) is 18.6. The summed E-state index contributed by atoms with van der Waals surface area (Å²) < 4.78 is 17.9. The molecule has 2 aromatic heterocycles. The van der Waals surface area contributed by atoms with E-state index in [1.807, 2.05) is 60.7 Å². The molecule has 0 saturated carbocycles. The van der Waals surface area contributed by atoms with Crippen LogP contribution in [-0.4, -0.2) is 30.1 Å². The Kier molecular flexibility index (Phi) is 5.66. The van der Waals surface area contributed by atoms with Crippen LogP contribution in [0.5, 0.6) is 11.5 Å². The Labute approximate surface area is 195 Å². The third-order valence-corrected chi connectivity index (χ3v) is 5.39. The van der Waals surface area contributed by atoms with Crippen molar-refractivity contribution in [2.75, 3.05) is 14.2 Å². The molecule has 0 aliphatic rings. The monoisotopic (exact) mass is 451 g/mol. The van der Waals surface area contributed by atoms with Gasteiger partial charge in [0.1, 0.15) is 17.1 Å². The molecular weight excluding hydrogens is 430 g/mol. The number of aromatic nitrogens is 2. The molecule has 34 heavy (non-hydrogen) atoms. The summed E-state index contributed by atoms with van der Waals surface area (Å²) in [5, 5.41) is 5.67. The van der Waals surface area contributed by atoms with Gasteiger partial charge in [-0.15, -0.1) is 0 Å². The van der Waals surface area contributed by atoms with Gasteiger partial charge in [0, 0.05) is 6.21 Å². The normalized spacial score (nSPS) is 11.7. The molecule has 0 aliphatic carbocycles. The molecule has 0 radical (unpaired) electrons. The smallest absolute Gasteiger partial charge is 0.282 e. The first-order chi connectivity index (χ1) is 16.7. The summed E-state index contributed by atoms with van der Waals surface area (Å²) in [6, 6.07) is 22.1. The molecule has 3 aromatic carbocycles. The molecule has 7 heteroatoms. The van der Waals surface area contributed by atoms with Crippen molar-refractivity contribution in [2.24, 2.45) is 5.10 Å². The largest absolute Gasteiger partial charge is 0.497 e. The molecule has 0 amide bonds. The van der Waals surface area contributed by atoms with Crippen molar-refractivity contribution in [3.63, 3.8) is 0 Å². The van der Waals surface area contributed by atoms with Gasteiger partial charge in [-0.05, 0) is 54.1 Å². The first kappa shape index (κ1) is 21.2. The van der Waals surface area contributed by atoms with Gasteiger partial charge in [-0.2, -0.15) is 9.78 Å². The molecule has 0 spiro atoms. The minimum Gasteiger partial charge on any atom is -0.497 e. The summed E-state index contributed by atoms with van der Waals surface area (Å²) in [7, 11) is 3.23. The topological polar surface area (TPSA) is 78.8 Å². The number of para-hydroxylation sites is 1. The molecule has 0 unspecified atom stereocenters. The Morgan fingerprint density at radius 1 is 0.941 bits per heavy atom. The molecule has 0 aliphatic heterocycles. The Bertz CT molecular complexity index is 1590. The van der Waals surface area contributed by atoms with Crippen LogP contribution in [0.2, 0.25) is 0 Å². The van der Waals surface area contributed by atoms with Crippen LogP contribution in [0.4, 0.5) is 0 Å². The third-order valence-electron chi connectivity index (χ3n) is 5.39. The van der Waals surface area contributed by atoms with Gasteiger partial charge < -0.3 is 13.9 Å². The van der Waals surface area contributed by atoms with E-state index in [0.717, 1.165) is 16.7 Å². The Balaban J connectivity index is 1.60. The number of furan rings is 1. The Hall–Kier alpha value is -4.65. The number of nitrogens with zero attached hydrogens (tertiary/aromatic N) is 3. The first-order valence-electron chi connectivity index (χ1n) is 10.6. The Morgan fingerprint density at radius 3 is 2.56 bits per heavy atom. The van der Waals surface area contributed by atoms with Crippen LogP contribution >= 0.6 is 0 Å². The third kappa shape index (κ3) is 3.95. The maximum absolute atomic E-state index is 13.3. The van der Waals surface area contributed by atoms with E-state index in [1.165, 1.54) is 4.68 Å². The van der Waals surface area contributed by atoms with E-state index in [0.29, 0.717) is 33.8 Å². The highest BCUT2D eigenvalue weighted by Gasteiger charge is 2.17. The van der Waals surface area contributed by atoms with E-state index < -0.39 is 0 Å². The van der Waals surface area contributed by atoms with Crippen molar-refractivity contribution in [3.05, 3.63) is 94.8 Å². The van der Waals surface area contributed by atoms with E-state index >= 15 is 0 Å². The second kappa shape index (κ2) is 9.07. The van der Waals surface area contributed by atoms with Gasteiger partial charge >= 0.3 is 0 Å². The predicted molar refractivity (Wildman–Crippen MR) is 134 cm³/mol. The fourth-order valence-corrected chi connectivity index (χ4v) is 3.69. The summed E-state index contributed by atoms with van der Waals surface area (Å²) in [6.07, 6.45) is 5.19. The summed E-state index contributed by atoms with van der Waals surface area (Å²) in [6.45, 7) is 0. The number of allylic oxidation sites excluding steroid dienone is 1. The van der Waals surface area contributed by atoms with Gasteiger partial charge in [-0.1, -0.05) is 36.4 Å². The van der Waals surface area contributed by atoms with Gasteiger partial charge in [-0.25, -0.2) is 4.98 Å². The highest BCUT2D eigenvalue weighted by Crippen LogP contribution is 2.32. The second-order valence-electron chi connectivity index (χ2n) is 7.45. The number of hydrogen-bond donors (Lipinski definition) is 0. The molecule has 2 heterocycles. The lowest BCUT2D eigenvalue weighted by Gasteiger charge is -2.06. The zero-order chi connectivity index (χ0) is 23.5. The van der Waals surface area contributed by atoms with E-state index in [-0.39, 0.29) is 5.56 Å². The van der Waals surface area contributed by atoms with Crippen molar-refractivity contribution in [1.29, 1.82) is 0 Å². The molecule has 168 valence electrons. The molecule has 5 rings (SSSR count). The summed E-state index contributed by atoms with van der Waals surface area (Å²) in [5.74, 6) is 2.18. The number of hydrogen-bond acceptors (Lipinski definition) is 6. The van der Waals surface area contributed by atoms with E-state index in [2.05, 4.69) is 10.1 Å². The lowest BCUT2D eigenvalue weighted by atomic mass is 10.2. The van der Waals surface area contributed by atoms with Crippen molar-refractivity contribution >= 4 is 34.2 Å². The minimum absolute atomic E-state index is 0.290. The number of fused-ring (bicyclic) bond motifs is 2. The number of ether oxygens (including phenoxy) is 2. The number of benzene rings is 3. The predicted octanol–water partition coefficient (Wildman–Crippen LogP) is 5.37. The molecule has 0 saturated heterocycles. The summed E-state index contributed by atoms with van der Waals surface area (Å²) in [5.41, 5.74) is 1.88. The van der Waals surface area contributed by atoms with Crippen LogP contribution in [0.3, 0.4) is 0 Å². The molecule has 0 bridgehead atoms. The maximum Gasteiger partial charge on any atom is 0.282 e. The van der Waals surface area contributed by atoms with Crippen molar-refractivity contribution in [1.82, 2.24) is 9.66 Å². The lowest BCUT2D eigenvalue weighted by Crippen LogP contribution is -2.20. The molecule has 7 nitrogen and oxygen atoms in total. The second-order valence-corrected chi connectivity index (χ2v) is 7.45. The molecule has 0 atom stereocenters. The van der Waals surface area contributed by atoms with Gasteiger partial charge in [0.05, 0.1) is 30.5 Å². The lowest BCUT2D eigenvalue weighted by molar-refractivity contribution is 0.415. The standard InChI is InChI=1S/C27H21N3O4/c1-32-19-14-12-18(13-15-19)7-6-16-28-30-26(29-22-9-4-3-8-20(22)27(30)31)25-17-21-23(33-2)10-5-11-24(21)34-25/h3-17H,1-2H3/b7-6+,28-16?. The highest BCUT2D eigenvalue weighted by molar-refractivity contribution is 5.88. The fraction of sp³-hybridized carbons (Fsp3) is 0.0741. The van der Waals surface area contributed by atoms with Crippen LogP contribution in [0.15, 0.2) is 93.2 Å². The van der Waals surface area contributed by atoms with Crippen molar-refractivity contribution < 1.29 is 13.9 Å². The van der Waals surface area contributed by atoms with Crippen LogP contribution < -0.4 is 15.0 Å². The van der Waals surface area contributed by atoms with Gasteiger partial charge in [0.2, 0.25) is 5.82 Å². The fourth-order valence-electron chi connectivity index (χ4n) is 3.69. The SMILES string of the molecule is COc1ccc(/C=C/C=Nn2c(-c3cc4c(OC)cccc4o3)nc3ccccc3c2=O)cc1.